The number of hydrogen-bond acceptors (Lipinski definition) is 7. The van der Waals surface area contributed by atoms with E-state index in [0.29, 0.717) is 10.7 Å². The summed E-state index contributed by atoms with van der Waals surface area (Å²) in [5.74, 6) is -0.879. The molecule has 2 aromatic carbocycles. The van der Waals surface area contributed by atoms with Crippen molar-refractivity contribution in [3.05, 3.63) is 65.9 Å². The molecule has 1 aliphatic carbocycles. The maximum Gasteiger partial charge on any atom is 0.573 e. The van der Waals surface area contributed by atoms with E-state index in [9.17, 15) is 22.8 Å². The normalized spacial score (nSPS) is 14.1. The Labute approximate surface area is 225 Å². The fourth-order valence-corrected chi connectivity index (χ4v) is 4.96. The standard InChI is InChI=1S/C27H23F3N4O4S/c1-14(18-5-3-4-6-21(18)38-27(28,29)30)32-24(36)19-11-17(13-31-25(19)37-2)16-9-10-20-22(12-16)39-26(33-20)34-23(35)15-7-8-15/h3-6,9-15H,7-8H2,1-2H3,(H,32,36)(H,33,34,35). The number of amides is 2. The number of fused-ring (bicyclic) bond motifs is 1. The first-order valence-electron chi connectivity index (χ1n) is 12.0. The lowest BCUT2D eigenvalue weighted by Gasteiger charge is -2.19. The summed E-state index contributed by atoms with van der Waals surface area (Å²) in [5.41, 5.74) is 2.37. The summed E-state index contributed by atoms with van der Waals surface area (Å²) in [6.45, 7) is 1.55. The number of thiazole rings is 1. The lowest BCUT2D eigenvalue weighted by Crippen LogP contribution is -2.28. The number of anilines is 1. The molecule has 4 aromatic rings. The number of para-hydroxylation sites is 1. The van der Waals surface area contributed by atoms with E-state index in [1.165, 1.54) is 36.6 Å². The van der Waals surface area contributed by atoms with Crippen LogP contribution in [0.25, 0.3) is 21.3 Å². The van der Waals surface area contributed by atoms with Gasteiger partial charge in [-0.05, 0) is 49.6 Å². The van der Waals surface area contributed by atoms with Crippen LogP contribution in [-0.2, 0) is 4.79 Å². The van der Waals surface area contributed by atoms with Crippen molar-refractivity contribution in [2.24, 2.45) is 5.92 Å². The van der Waals surface area contributed by atoms with E-state index in [1.54, 1.807) is 25.3 Å². The highest BCUT2D eigenvalue weighted by atomic mass is 32.1. The summed E-state index contributed by atoms with van der Waals surface area (Å²) in [5, 5.41) is 6.08. The molecule has 39 heavy (non-hydrogen) atoms. The van der Waals surface area contributed by atoms with Gasteiger partial charge in [-0.1, -0.05) is 35.6 Å². The SMILES string of the molecule is COc1ncc(-c2ccc3nc(NC(=O)C4CC4)sc3c2)cc1C(=O)NC(C)c1ccccc1OC(F)(F)F. The summed E-state index contributed by atoms with van der Waals surface area (Å²) in [6.07, 6.45) is -1.52. The number of nitrogens with one attached hydrogen (secondary N) is 2. The molecule has 1 saturated carbocycles. The number of ether oxygens (including phenoxy) is 2. The fourth-order valence-electron chi connectivity index (χ4n) is 4.05. The van der Waals surface area contributed by atoms with Crippen molar-refractivity contribution in [2.75, 3.05) is 12.4 Å². The Bertz CT molecular complexity index is 1550. The topological polar surface area (TPSA) is 102 Å². The van der Waals surface area contributed by atoms with Gasteiger partial charge in [0.1, 0.15) is 11.3 Å². The second kappa shape index (κ2) is 10.5. The number of rotatable bonds is 8. The third-order valence-corrected chi connectivity index (χ3v) is 7.08. The smallest absolute Gasteiger partial charge is 0.480 e. The summed E-state index contributed by atoms with van der Waals surface area (Å²) in [6, 6.07) is 11.9. The zero-order valence-electron chi connectivity index (χ0n) is 20.8. The van der Waals surface area contributed by atoms with Crippen LogP contribution in [0.2, 0.25) is 0 Å². The second-order valence-corrected chi connectivity index (χ2v) is 10.1. The molecule has 2 heterocycles. The molecule has 12 heteroatoms. The Morgan fingerprint density at radius 2 is 1.87 bits per heavy atom. The third-order valence-electron chi connectivity index (χ3n) is 6.15. The minimum atomic E-state index is -4.87. The minimum Gasteiger partial charge on any atom is -0.480 e. The Kier molecular flexibility index (Phi) is 7.13. The molecule has 0 bridgehead atoms. The number of carbonyl (C=O) groups is 2. The van der Waals surface area contributed by atoms with Crippen LogP contribution in [0, 0.1) is 5.92 Å². The number of alkyl halides is 3. The van der Waals surface area contributed by atoms with Gasteiger partial charge in [0.05, 0.1) is 23.4 Å². The van der Waals surface area contributed by atoms with Gasteiger partial charge in [-0.3, -0.25) is 9.59 Å². The van der Waals surface area contributed by atoms with Crippen molar-refractivity contribution < 1.29 is 32.2 Å². The Morgan fingerprint density at radius 1 is 1.10 bits per heavy atom. The van der Waals surface area contributed by atoms with Gasteiger partial charge in [-0.15, -0.1) is 13.2 Å². The summed E-state index contributed by atoms with van der Waals surface area (Å²) in [7, 11) is 1.37. The number of pyridine rings is 1. The number of aromatic nitrogens is 2. The first-order chi connectivity index (χ1) is 18.6. The fraction of sp³-hybridized carbons (Fsp3) is 0.259. The zero-order chi connectivity index (χ0) is 27.7. The average molecular weight is 557 g/mol. The average Bonchev–Trinajstić information content (AvgIpc) is 3.67. The summed E-state index contributed by atoms with van der Waals surface area (Å²) in [4.78, 5) is 34.0. The molecule has 0 radical (unpaired) electrons. The number of hydrogen-bond donors (Lipinski definition) is 2. The molecule has 0 aliphatic heterocycles. The quantitative estimate of drug-likeness (QED) is 0.272. The van der Waals surface area contributed by atoms with Gasteiger partial charge in [-0.25, -0.2) is 9.97 Å². The van der Waals surface area contributed by atoms with Crippen LogP contribution in [0.3, 0.4) is 0 Å². The molecule has 5 rings (SSSR count). The van der Waals surface area contributed by atoms with E-state index in [1.807, 2.05) is 18.2 Å². The molecule has 1 atom stereocenters. The summed E-state index contributed by atoms with van der Waals surface area (Å²) < 4.78 is 48.8. The minimum absolute atomic E-state index is 0.0221. The van der Waals surface area contributed by atoms with Crippen molar-refractivity contribution in [3.63, 3.8) is 0 Å². The number of carbonyl (C=O) groups excluding carboxylic acids is 2. The number of nitrogens with zero attached hydrogens (tertiary/aromatic N) is 2. The second-order valence-electron chi connectivity index (χ2n) is 9.03. The van der Waals surface area contributed by atoms with Crippen molar-refractivity contribution in [3.8, 4) is 22.8 Å². The third kappa shape index (κ3) is 6.11. The van der Waals surface area contributed by atoms with Crippen molar-refractivity contribution in [1.82, 2.24) is 15.3 Å². The number of benzene rings is 2. The van der Waals surface area contributed by atoms with Crippen LogP contribution in [0.5, 0.6) is 11.6 Å². The summed E-state index contributed by atoms with van der Waals surface area (Å²) >= 11 is 1.35. The van der Waals surface area contributed by atoms with E-state index in [-0.39, 0.29) is 28.8 Å². The maximum atomic E-state index is 13.2. The van der Waals surface area contributed by atoms with Crippen molar-refractivity contribution in [1.29, 1.82) is 0 Å². The van der Waals surface area contributed by atoms with Crippen LogP contribution in [-0.4, -0.2) is 35.3 Å². The molecule has 2 amide bonds. The first-order valence-corrected chi connectivity index (χ1v) is 12.8. The predicted molar refractivity (Wildman–Crippen MR) is 140 cm³/mol. The van der Waals surface area contributed by atoms with Crippen LogP contribution in [0.4, 0.5) is 18.3 Å². The molecule has 2 aromatic heterocycles. The molecule has 2 N–H and O–H groups in total. The Balaban J connectivity index is 1.39. The van der Waals surface area contributed by atoms with Gasteiger partial charge < -0.3 is 20.1 Å². The van der Waals surface area contributed by atoms with E-state index in [4.69, 9.17) is 4.74 Å². The first kappa shape index (κ1) is 26.4. The van der Waals surface area contributed by atoms with Gasteiger partial charge in [0.15, 0.2) is 5.13 Å². The molecule has 1 aliphatic rings. The molecule has 1 unspecified atom stereocenters. The molecule has 0 spiro atoms. The largest absolute Gasteiger partial charge is 0.573 e. The lowest BCUT2D eigenvalue weighted by molar-refractivity contribution is -0.275. The molecule has 1 fully saturated rings. The lowest BCUT2D eigenvalue weighted by atomic mass is 10.0. The van der Waals surface area contributed by atoms with E-state index in [2.05, 4.69) is 25.3 Å². The Morgan fingerprint density at radius 3 is 2.59 bits per heavy atom. The van der Waals surface area contributed by atoms with Crippen LogP contribution < -0.4 is 20.1 Å². The number of methoxy groups -OCH3 is 1. The van der Waals surface area contributed by atoms with Gasteiger partial charge >= 0.3 is 6.36 Å². The number of halogens is 3. The molecular weight excluding hydrogens is 533 g/mol. The molecular formula is C27H23F3N4O4S. The van der Waals surface area contributed by atoms with Crippen molar-refractivity contribution >= 4 is 38.5 Å². The van der Waals surface area contributed by atoms with Gasteiger partial charge in [0.2, 0.25) is 11.8 Å². The maximum absolute atomic E-state index is 13.2. The highest BCUT2D eigenvalue weighted by Gasteiger charge is 2.33. The van der Waals surface area contributed by atoms with E-state index >= 15 is 0 Å². The van der Waals surface area contributed by atoms with Gasteiger partial charge in [-0.2, -0.15) is 0 Å². The van der Waals surface area contributed by atoms with Crippen LogP contribution in [0.15, 0.2) is 54.7 Å². The molecule has 8 nitrogen and oxygen atoms in total. The van der Waals surface area contributed by atoms with Crippen molar-refractivity contribution in [2.45, 2.75) is 32.2 Å². The highest BCUT2D eigenvalue weighted by molar-refractivity contribution is 7.22. The molecule has 202 valence electrons. The predicted octanol–water partition coefficient (Wildman–Crippen LogP) is 6.11. The monoisotopic (exact) mass is 556 g/mol. The molecule has 0 saturated heterocycles. The van der Waals surface area contributed by atoms with E-state index in [0.717, 1.165) is 28.6 Å². The van der Waals surface area contributed by atoms with Crippen LogP contribution >= 0.6 is 11.3 Å². The Hall–Kier alpha value is -4.19. The van der Waals surface area contributed by atoms with Gasteiger partial charge in [0, 0.05) is 23.2 Å². The van der Waals surface area contributed by atoms with E-state index < -0.39 is 24.1 Å². The van der Waals surface area contributed by atoms with Gasteiger partial charge in [0.25, 0.3) is 5.91 Å². The van der Waals surface area contributed by atoms with Crippen LogP contribution in [0.1, 0.15) is 41.7 Å². The zero-order valence-corrected chi connectivity index (χ0v) is 21.7. The highest BCUT2D eigenvalue weighted by Crippen LogP contribution is 2.35.